The minimum Gasteiger partial charge on any atom is -0.444 e. The van der Waals surface area contributed by atoms with E-state index in [2.05, 4.69) is 10.3 Å². The molecule has 1 heterocycles. The van der Waals surface area contributed by atoms with Crippen LogP contribution in [0.15, 0.2) is 4.99 Å². The molecule has 0 bridgehead atoms. The van der Waals surface area contributed by atoms with Crippen LogP contribution >= 0.6 is 0 Å². The van der Waals surface area contributed by atoms with Gasteiger partial charge in [0.05, 0.1) is 0 Å². The lowest BCUT2D eigenvalue weighted by molar-refractivity contribution is -0.124. The Hall–Kier alpha value is -1.92. The van der Waals surface area contributed by atoms with Crippen molar-refractivity contribution in [2.75, 3.05) is 13.6 Å². The van der Waals surface area contributed by atoms with Gasteiger partial charge in [0.1, 0.15) is 17.5 Å². The van der Waals surface area contributed by atoms with Crippen molar-refractivity contribution in [1.82, 2.24) is 10.2 Å². The maximum absolute atomic E-state index is 12.6. The van der Waals surface area contributed by atoms with Crippen molar-refractivity contribution in [3.8, 4) is 0 Å². The van der Waals surface area contributed by atoms with Crippen molar-refractivity contribution in [2.24, 2.45) is 10.4 Å². The van der Waals surface area contributed by atoms with E-state index in [4.69, 9.17) is 10.1 Å². The van der Waals surface area contributed by atoms with E-state index in [0.29, 0.717) is 24.5 Å². The summed E-state index contributed by atoms with van der Waals surface area (Å²) in [5.41, 5.74) is -0.390. The van der Waals surface area contributed by atoms with Gasteiger partial charge >= 0.3 is 6.09 Å². The predicted octanol–water partition coefficient (Wildman–Crippen LogP) is 2.99. The Morgan fingerprint density at radius 1 is 1.24 bits per heavy atom. The van der Waals surface area contributed by atoms with Crippen LogP contribution in [0.4, 0.5) is 4.79 Å². The van der Waals surface area contributed by atoms with Crippen LogP contribution in [0.5, 0.6) is 0 Å². The number of ether oxygens (including phenoxy) is 1. The minimum atomic E-state index is -0.599. The Balaban J connectivity index is 2.74. The number of carbonyl (C=O) groups is 2. The number of hydrogen-bond donors (Lipinski definition) is 2. The van der Waals surface area contributed by atoms with Crippen LogP contribution in [0.3, 0.4) is 0 Å². The minimum absolute atomic E-state index is 0.273. The van der Waals surface area contributed by atoms with Crippen LogP contribution in [0.25, 0.3) is 0 Å². The van der Waals surface area contributed by atoms with E-state index in [-0.39, 0.29) is 17.7 Å². The van der Waals surface area contributed by atoms with Crippen molar-refractivity contribution in [2.45, 2.75) is 72.4 Å². The molecule has 1 unspecified atom stereocenters. The quantitative estimate of drug-likeness (QED) is 0.604. The zero-order chi connectivity index (χ0) is 19.4. The molecule has 25 heavy (non-hydrogen) atoms. The van der Waals surface area contributed by atoms with Crippen LogP contribution in [0.2, 0.25) is 0 Å². The van der Waals surface area contributed by atoms with E-state index in [0.717, 1.165) is 6.42 Å². The summed E-state index contributed by atoms with van der Waals surface area (Å²) >= 11 is 0. The molecule has 1 atom stereocenters. The van der Waals surface area contributed by atoms with Crippen LogP contribution in [-0.2, 0) is 9.53 Å². The van der Waals surface area contributed by atoms with Crippen molar-refractivity contribution in [3.05, 3.63) is 0 Å². The first-order valence-electron chi connectivity index (χ1n) is 8.69. The highest BCUT2D eigenvalue weighted by molar-refractivity contribution is 6.10. The molecule has 7 nitrogen and oxygen atoms in total. The first-order chi connectivity index (χ1) is 11.3. The highest BCUT2D eigenvalue weighted by Crippen LogP contribution is 2.21. The molecule has 1 fully saturated rings. The molecule has 2 amide bonds. The smallest absolute Gasteiger partial charge is 0.410 e. The fourth-order valence-electron chi connectivity index (χ4n) is 2.42. The van der Waals surface area contributed by atoms with Crippen LogP contribution in [-0.4, -0.2) is 53.7 Å². The molecule has 2 N–H and O–H groups in total. The van der Waals surface area contributed by atoms with E-state index in [1.54, 1.807) is 27.8 Å². The topological polar surface area (TPSA) is 94.9 Å². The molecule has 0 aromatic rings. The number of aliphatic imine (C=N–C) groups is 1. The molecule has 0 spiro atoms. The molecule has 1 aliphatic heterocycles. The van der Waals surface area contributed by atoms with E-state index in [1.807, 2.05) is 20.8 Å². The van der Waals surface area contributed by atoms with Crippen molar-refractivity contribution < 1.29 is 14.3 Å². The molecule has 142 valence electrons. The second-order valence-electron chi connectivity index (χ2n) is 8.40. The van der Waals surface area contributed by atoms with Gasteiger partial charge in [-0.2, -0.15) is 0 Å². The Bertz CT molecular complexity index is 556. The SMILES string of the molecule is CN=C(CC(=N)C(C)(C)C)NC(=O)C1CCCN1C(=O)OC(C)(C)C. The average Bonchev–Trinajstić information content (AvgIpc) is 2.93. The summed E-state index contributed by atoms with van der Waals surface area (Å²) in [7, 11) is 1.59. The van der Waals surface area contributed by atoms with Crippen LogP contribution < -0.4 is 5.32 Å². The van der Waals surface area contributed by atoms with Crippen molar-refractivity contribution in [3.63, 3.8) is 0 Å². The van der Waals surface area contributed by atoms with Gasteiger partial charge in [-0.15, -0.1) is 0 Å². The van der Waals surface area contributed by atoms with E-state index < -0.39 is 17.7 Å². The molecule has 0 aliphatic carbocycles. The van der Waals surface area contributed by atoms with Gasteiger partial charge < -0.3 is 15.5 Å². The predicted molar refractivity (Wildman–Crippen MR) is 99.3 cm³/mol. The number of likely N-dealkylation sites (tertiary alicyclic amines) is 1. The normalized spacial score (nSPS) is 18.9. The molecule has 1 rings (SSSR count). The Morgan fingerprint density at radius 3 is 2.32 bits per heavy atom. The highest BCUT2D eigenvalue weighted by Gasteiger charge is 2.37. The highest BCUT2D eigenvalue weighted by atomic mass is 16.6. The molecule has 0 radical (unpaired) electrons. The average molecular weight is 352 g/mol. The molecule has 1 saturated heterocycles. The van der Waals surface area contributed by atoms with Crippen LogP contribution in [0, 0.1) is 10.8 Å². The molecular formula is C18H32N4O3. The number of hydrogen-bond acceptors (Lipinski definition) is 5. The number of nitrogens with zero attached hydrogens (tertiary/aromatic N) is 2. The van der Waals surface area contributed by atoms with Gasteiger partial charge in [-0.25, -0.2) is 4.79 Å². The lowest BCUT2D eigenvalue weighted by Gasteiger charge is -2.28. The molecule has 0 saturated carbocycles. The van der Waals surface area contributed by atoms with Gasteiger partial charge in [-0.3, -0.25) is 14.7 Å². The maximum Gasteiger partial charge on any atom is 0.410 e. The third-order valence-electron chi connectivity index (χ3n) is 3.97. The van der Waals surface area contributed by atoms with Crippen molar-refractivity contribution in [1.29, 1.82) is 5.41 Å². The summed E-state index contributed by atoms with van der Waals surface area (Å²) in [5, 5.41) is 10.9. The summed E-state index contributed by atoms with van der Waals surface area (Å²) in [6, 6.07) is -0.560. The zero-order valence-electron chi connectivity index (χ0n) is 16.5. The number of amides is 2. The van der Waals surface area contributed by atoms with Crippen LogP contribution in [0.1, 0.15) is 60.8 Å². The summed E-state index contributed by atoms with van der Waals surface area (Å²) in [5.74, 6) is 0.173. The van der Waals surface area contributed by atoms with Gasteiger partial charge in [0.25, 0.3) is 0 Å². The summed E-state index contributed by atoms with van der Waals surface area (Å²) in [6.45, 7) is 11.8. The van der Waals surface area contributed by atoms with E-state index in [1.165, 1.54) is 4.90 Å². The number of rotatable bonds is 3. The number of nitrogens with one attached hydrogen (secondary N) is 2. The molecule has 7 heteroatoms. The summed E-state index contributed by atoms with van der Waals surface area (Å²) < 4.78 is 5.39. The lowest BCUT2D eigenvalue weighted by atomic mass is 9.88. The third kappa shape index (κ3) is 6.48. The van der Waals surface area contributed by atoms with Crippen molar-refractivity contribution >= 4 is 23.5 Å². The molecule has 0 aromatic carbocycles. The largest absolute Gasteiger partial charge is 0.444 e. The van der Waals surface area contributed by atoms with Gasteiger partial charge in [0.15, 0.2) is 0 Å². The monoisotopic (exact) mass is 352 g/mol. The van der Waals surface area contributed by atoms with E-state index >= 15 is 0 Å². The molecular weight excluding hydrogens is 320 g/mol. The number of amidine groups is 1. The second-order valence-corrected chi connectivity index (χ2v) is 8.40. The van der Waals surface area contributed by atoms with Gasteiger partial charge in [0.2, 0.25) is 5.91 Å². The number of carbonyl (C=O) groups excluding carboxylic acids is 2. The molecule has 0 aromatic heterocycles. The fraction of sp³-hybridized carbons (Fsp3) is 0.778. The first kappa shape index (κ1) is 21.1. The standard InChI is InChI=1S/C18H32N4O3/c1-17(2,3)13(19)11-14(20-7)21-15(23)12-9-8-10-22(12)16(24)25-18(4,5)6/h12,19H,8-11H2,1-7H3,(H,20,21,23). The molecule has 1 aliphatic rings. The third-order valence-corrected chi connectivity index (χ3v) is 3.97. The van der Waals surface area contributed by atoms with Gasteiger partial charge in [0, 0.05) is 25.7 Å². The fourth-order valence-corrected chi connectivity index (χ4v) is 2.42. The maximum atomic E-state index is 12.6. The van der Waals surface area contributed by atoms with Gasteiger partial charge in [-0.05, 0) is 39.0 Å². The summed E-state index contributed by atoms with van der Waals surface area (Å²) in [6.07, 6.45) is 1.17. The Morgan fingerprint density at radius 2 is 1.84 bits per heavy atom. The van der Waals surface area contributed by atoms with E-state index in [9.17, 15) is 9.59 Å². The first-order valence-corrected chi connectivity index (χ1v) is 8.69. The van der Waals surface area contributed by atoms with Gasteiger partial charge in [-0.1, -0.05) is 20.8 Å². The Kier molecular flexibility index (Phi) is 6.74. The summed E-state index contributed by atoms with van der Waals surface area (Å²) in [4.78, 5) is 30.5. The lowest BCUT2D eigenvalue weighted by Crippen LogP contribution is -2.49. The Labute approximate surface area is 150 Å². The second kappa shape index (κ2) is 7.97. The zero-order valence-corrected chi connectivity index (χ0v) is 16.5.